The van der Waals surface area contributed by atoms with Gasteiger partial charge in [-0.25, -0.2) is 15.0 Å². The number of fused-ring (bicyclic) bond motifs is 1. The van der Waals surface area contributed by atoms with Crippen molar-refractivity contribution >= 4 is 17.0 Å². The molecule has 0 aliphatic carbocycles. The van der Waals surface area contributed by atoms with Crippen molar-refractivity contribution in [1.82, 2.24) is 19.9 Å². The molecule has 102 valence electrons. The highest BCUT2D eigenvalue weighted by Crippen LogP contribution is 2.20. The van der Waals surface area contributed by atoms with Crippen LogP contribution in [0.3, 0.4) is 0 Å². The van der Waals surface area contributed by atoms with E-state index >= 15 is 0 Å². The second kappa shape index (κ2) is 5.52. The number of imidazole rings is 1. The molecule has 0 amide bonds. The van der Waals surface area contributed by atoms with Gasteiger partial charge in [-0.3, -0.25) is 0 Å². The summed E-state index contributed by atoms with van der Waals surface area (Å²) < 4.78 is 5.38. The van der Waals surface area contributed by atoms with E-state index in [2.05, 4.69) is 19.9 Å². The molecule has 3 N–H and O–H groups in total. The van der Waals surface area contributed by atoms with Gasteiger partial charge in [-0.2, -0.15) is 0 Å². The summed E-state index contributed by atoms with van der Waals surface area (Å²) in [5, 5.41) is 0. The maximum Gasteiger partial charge on any atom is 0.183 e. The molecule has 0 bridgehead atoms. The van der Waals surface area contributed by atoms with Crippen molar-refractivity contribution in [1.29, 1.82) is 0 Å². The maximum absolute atomic E-state index is 5.77. The highest BCUT2D eigenvalue weighted by molar-refractivity contribution is 5.80. The fraction of sp³-hybridized carbons (Fsp3) is 0.615. The molecule has 2 aromatic rings. The number of aromatic amines is 1. The van der Waals surface area contributed by atoms with Crippen LogP contribution in [-0.2, 0) is 11.2 Å². The Hall–Kier alpha value is -1.69. The van der Waals surface area contributed by atoms with Gasteiger partial charge in [0.2, 0.25) is 0 Å². The van der Waals surface area contributed by atoms with E-state index in [1.165, 1.54) is 25.6 Å². The van der Waals surface area contributed by atoms with Crippen molar-refractivity contribution < 1.29 is 4.74 Å². The molecule has 0 saturated carbocycles. The van der Waals surface area contributed by atoms with Crippen LogP contribution < -0.4 is 5.73 Å². The van der Waals surface area contributed by atoms with Crippen molar-refractivity contribution in [2.24, 2.45) is 5.92 Å². The molecule has 1 unspecified atom stereocenters. The van der Waals surface area contributed by atoms with Crippen LogP contribution in [0.4, 0.5) is 5.82 Å². The van der Waals surface area contributed by atoms with Crippen LogP contribution >= 0.6 is 0 Å². The molecule has 0 aromatic carbocycles. The lowest BCUT2D eigenvalue weighted by atomic mass is 10.0. The van der Waals surface area contributed by atoms with E-state index in [1.807, 2.05) is 0 Å². The number of aryl methyl sites for hydroxylation is 1. The molecule has 1 aliphatic heterocycles. The summed E-state index contributed by atoms with van der Waals surface area (Å²) >= 11 is 0. The zero-order chi connectivity index (χ0) is 13.1. The number of H-pyrrole nitrogens is 1. The first-order chi connectivity index (χ1) is 9.33. The number of hydrogen-bond acceptors (Lipinski definition) is 5. The van der Waals surface area contributed by atoms with Gasteiger partial charge in [0.05, 0.1) is 0 Å². The number of ether oxygens (including phenoxy) is 1. The van der Waals surface area contributed by atoms with Crippen LogP contribution in [0.25, 0.3) is 11.2 Å². The lowest BCUT2D eigenvalue weighted by molar-refractivity contribution is 0.183. The van der Waals surface area contributed by atoms with Gasteiger partial charge in [0.15, 0.2) is 11.5 Å². The topological polar surface area (TPSA) is 89.7 Å². The van der Waals surface area contributed by atoms with Gasteiger partial charge in [0.25, 0.3) is 0 Å². The Morgan fingerprint density at radius 1 is 1.37 bits per heavy atom. The number of hydrogen-bond donors (Lipinski definition) is 2. The highest BCUT2D eigenvalue weighted by Gasteiger charge is 2.14. The Labute approximate surface area is 111 Å². The second-order valence-electron chi connectivity index (χ2n) is 5.12. The van der Waals surface area contributed by atoms with Gasteiger partial charge in [0.1, 0.15) is 17.7 Å². The number of nitrogens with one attached hydrogen (secondary N) is 1. The van der Waals surface area contributed by atoms with E-state index in [1.54, 1.807) is 0 Å². The summed E-state index contributed by atoms with van der Waals surface area (Å²) in [6.45, 7) is 1.88. The van der Waals surface area contributed by atoms with Crippen LogP contribution in [0, 0.1) is 5.92 Å². The van der Waals surface area contributed by atoms with Gasteiger partial charge in [-0.05, 0) is 25.2 Å². The van der Waals surface area contributed by atoms with Crippen molar-refractivity contribution in [3.8, 4) is 0 Å². The van der Waals surface area contributed by atoms with E-state index in [0.29, 0.717) is 11.5 Å². The Balaban J connectivity index is 1.52. The Morgan fingerprint density at radius 2 is 2.32 bits per heavy atom. The van der Waals surface area contributed by atoms with Gasteiger partial charge >= 0.3 is 0 Å². The largest absolute Gasteiger partial charge is 0.382 e. The molecule has 2 aromatic heterocycles. The average molecular weight is 261 g/mol. The van der Waals surface area contributed by atoms with Crippen LogP contribution in [0.1, 0.15) is 31.5 Å². The zero-order valence-electron chi connectivity index (χ0n) is 10.9. The molecule has 3 rings (SSSR count). The molecule has 1 fully saturated rings. The van der Waals surface area contributed by atoms with Gasteiger partial charge < -0.3 is 15.5 Å². The third-order valence-corrected chi connectivity index (χ3v) is 3.67. The van der Waals surface area contributed by atoms with Crippen LogP contribution in [0.5, 0.6) is 0 Å². The average Bonchev–Trinajstić information content (AvgIpc) is 3.04. The van der Waals surface area contributed by atoms with E-state index in [0.717, 1.165) is 43.3 Å². The normalized spacial score (nSPS) is 19.3. The maximum atomic E-state index is 5.77. The lowest BCUT2D eigenvalue weighted by Crippen LogP contribution is -1.99. The highest BCUT2D eigenvalue weighted by atomic mass is 16.5. The molecule has 1 saturated heterocycles. The van der Waals surface area contributed by atoms with Crippen LogP contribution in [-0.4, -0.2) is 33.1 Å². The molecule has 1 aliphatic rings. The van der Waals surface area contributed by atoms with Gasteiger partial charge in [0, 0.05) is 19.6 Å². The molecule has 6 nitrogen and oxygen atoms in total. The lowest BCUT2D eigenvalue weighted by Gasteiger charge is -2.05. The monoisotopic (exact) mass is 261 g/mol. The molecule has 1 atom stereocenters. The smallest absolute Gasteiger partial charge is 0.183 e. The van der Waals surface area contributed by atoms with E-state index in [9.17, 15) is 0 Å². The first-order valence-corrected chi connectivity index (χ1v) is 6.86. The quantitative estimate of drug-likeness (QED) is 0.799. The number of unbranched alkanes of at least 4 members (excludes halogenated alkanes) is 1. The summed E-state index contributed by atoms with van der Waals surface area (Å²) in [6.07, 6.45) is 7.20. The number of rotatable bonds is 5. The van der Waals surface area contributed by atoms with E-state index in [4.69, 9.17) is 10.5 Å². The van der Waals surface area contributed by atoms with E-state index < -0.39 is 0 Å². The summed E-state index contributed by atoms with van der Waals surface area (Å²) in [6, 6.07) is 0. The molecule has 19 heavy (non-hydrogen) atoms. The van der Waals surface area contributed by atoms with Crippen LogP contribution in [0.2, 0.25) is 0 Å². The molecule has 3 heterocycles. The summed E-state index contributed by atoms with van der Waals surface area (Å²) in [5.74, 6) is 2.17. The Morgan fingerprint density at radius 3 is 3.11 bits per heavy atom. The molecular formula is C13H19N5O. The van der Waals surface area contributed by atoms with Crippen molar-refractivity contribution in [3.05, 3.63) is 12.2 Å². The Kier molecular flexibility index (Phi) is 3.59. The predicted octanol–water partition coefficient (Wildman–Crippen LogP) is 1.68. The SMILES string of the molecule is Nc1ncnc2nc(CCCCC3CCOC3)[nH]c12. The number of aromatic nitrogens is 4. The third-order valence-electron chi connectivity index (χ3n) is 3.67. The minimum Gasteiger partial charge on any atom is -0.382 e. The number of nitrogens with two attached hydrogens (primary N) is 1. The summed E-state index contributed by atoms with van der Waals surface area (Å²) in [7, 11) is 0. The predicted molar refractivity (Wildman–Crippen MR) is 72.6 cm³/mol. The number of nitrogen functional groups attached to an aromatic ring is 1. The minimum absolute atomic E-state index is 0.465. The first-order valence-electron chi connectivity index (χ1n) is 6.86. The van der Waals surface area contributed by atoms with Crippen molar-refractivity contribution in [2.45, 2.75) is 32.1 Å². The summed E-state index contributed by atoms with van der Waals surface area (Å²) in [4.78, 5) is 15.7. The molecule has 6 heteroatoms. The first kappa shape index (κ1) is 12.3. The molecular weight excluding hydrogens is 242 g/mol. The van der Waals surface area contributed by atoms with Crippen LogP contribution in [0.15, 0.2) is 6.33 Å². The standard InChI is InChI=1S/C13H19N5O/c14-12-11-13(16-8-15-12)18-10(17-11)4-2-1-3-9-5-6-19-7-9/h8-9H,1-7H2,(H3,14,15,16,17,18). The molecule has 0 spiro atoms. The van der Waals surface area contributed by atoms with Crippen molar-refractivity contribution in [3.63, 3.8) is 0 Å². The summed E-state index contributed by atoms with van der Waals surface area (Å²) in [5.41, 5.74) is 7.18. The number of nitrogens with zero attached hydrogens (tertiary/aromatic N) is 3. The minimum atomic E-state index is 0.465. The molecule has 0 radical (unpaired) electrons. The zero-order valence-corrected chi connectivity index (χ0v) is 10.9. The Bertz CT molecular complexity index is 547. The second-order valence-corrected chi connectivity index (χ2v) is 5.12. The number of anilines is 1. The fourth-order valence-corrected chi connectivity index (χ4v) is 2.55. The third kappa shape index (κ3) is 2.84. The van der Waals surface area contributed by atoms with E-state index in [-0.39, 0.29) is 0 Å². The fourth-order valence-electron chi connectivity index (χ4n) is 2.55. The van der Waals surface area contributed by atoms with Crippen molar-refractivity contribution in [2.75, 3.05) is 18.9 Å². The van der Waals surface area contributed by atoms with Gasteiger partial charge in [-0.15, -0.1) is 0 Å². The van der Waals surface area contributed by atoms with Gasteiger partial charge in [-0.1, -0.05) is 6.42 Å².